The Kier molecular flexibility index (Phi) is 3.80. The summed E-state index contributed by atoms with van der Waals surface area (Å²) in [4.78, 5) is 0. The summed E-state index contributed by atoms with van der Waals surface area (Å²) in [6.45, 7) is 1.96. The molecule has 0 heterocycles. The molecule has 0 bridgehead atoms. The number of rotatable bonds is 5. The van der Waals surface area contributed by atoms with E-state index in [0.717, 1.165) is 38.5 Å². The van der Waals surface area contributed by atoms with Gasteiger partial charge in [-0.2, -0.15) is 0 Å². The highest BCUT2D eigenvalue weighted by molar-refractivity contribution is 7.89. The molecule has 2 rings (SSSR count). The van der Waals surface area contributed by atoms with Crippen molar-refractivity contribution < 1.29 is 8.42 Å². The third-order valence-electron chi connectivity index (χ3n) is 4.02. The second-order valence-corrected chi connectivity index (χ2v) is 7.68. The van der Waals surface area contributed by atoms with E-state index < -0.39 is 15.6 Å². The van der Waals surface area contributed by atoms with Crippen LogP contribution in [0.2, 0.25) is 0 Å². The molecule has 0 spiro atoms. The monoisotopic (exact) mass is 260 g/mol. The summed E-state index contributed by atoms with van der Waals surface area (Å²) < 4.78 is 26.9. The number of hydrogen-bond donors (Lipinski definition) is 2. The van der Waals surface area contributed by atoms with Crippen LogP contribution in [0, 0.1) is 5.92 Å². The molecule has 0 saturated heterocycles. The molecule has 2 fully saturated rings. The average Bonchev–Trinajstić information content (AvgIpc) is 2.98. The zero-order valence-electron chi connectivity index (χ0n) is 10.6. The van der Waals surface area contributed by atoms with E-state index in [1.807, 2.05) is 6.92 Å². The molecule has 100 valence electrons. The number of nitrogens with two attached hydrogens (primary N) is 1. The average molecular weight is 260 g/mol. The van der Waals surface area contributed by atoms with Gasteiger partial charge in [-0.25, -0.2) is 13.1 Å². The van der Waals surface area contributed by atoms with Crippen LogP contribution in [-0.2, 0) is 10.0 Å². The third kappa shape index (κ3) is 3.93. The van der Waals surface area contributed by atoms with E-state index >= 15 is 0 Å². The van der Waals surface area contributed by atoms with Crippen molar-refractivity contribution in [3.05, 3.63) is 0 Å². The summed E-state index contributed by atoms with van der Waals surface area (Å²) in [5.74, 6) is 0.640. The molecule has 0 aliphatic heterocycles. The molecule has 2 aliphatic carbocycles. The predicted molar refractivity (Wildman–Crippen MR) is 69.1 cm³/mol. The Hall–Kier alpha value is -0.130. The molecule has 5 heteroatoms. The Bertz CT molecular complexity index is 357. The van der Waals surface area contributed by atoms with Gasteiger partial charge in [0.2, 0.25) is 10.0 Å². The van der Waals surface area contributed by atoms with E-state index in [4.69, 9.17) is 5.73 Å². The fraction of sp³-hybridized carbons (Fsp3) is 1.00. The minimum absolute atomic E-state index is 0.0761. The van der Waals surface area contributed by atoms with Crippen LogP contribution in [0.4, 0.5) is 0 Å². The van der Waals surface area contributed by atoms with E-state index in [1.54, 1.807) is 0 Å². The van der Waals surface area contributed by atoms with Crippen molar-refractivity contribution in [2.75, 3.05) is 5.75 Å². The Balaban J connectivity index is 1.90. The first-order valence-corrected chi connectivity index (χ1v) is 8.34. The van der Waals surface area contributed by atoms with Gasteiger partial charge in [-0.15, -0.1) is 0 Å². The Morgan fingerprint density at radius 1 is 1.29 bits per heavy atom. The largest absolute Gasteiger partial charge is 0.324 e. The highest BCUT2D eigenvalue weighted by Crippen LogP contribution is 2.33. The molecular formula is C12H24N2O2S. The SMILES string of the molecule is C[C@H](NS(=O)(=O)CC1(N)CCCCC1)C1CC1. The van der Waals surface area contributed by atoms with Crippen molar-refractivity contribution in [1.29, 1.82) is 0 Å². The van der Waals surface area contributed by atoms with Gasteiger partial charge >= 0.3 is 0 Å². The van der Waals surface area contributed by atoms with E-state index in [-0.39, 0.29) is 11.8 Å². The molecular weight excluding hydrogens is 236 g/mol. The normalized spacial score (nSPS) is 26.7. The molecule has 0 amide bonds. The fourth-order valence-corrected chi connectivity index (χ4v) is 4.68. The maximum atomic E-state index is 12.1. The van der Waals surface area contributed by atoms with Gasteiger partial charge in [0, 0.05) is 11.6 Å². The number of sulfonamides is 1. The van der Waals surface area contributed by atoms with Crippen LogP contribution in [0.25, 0.3) is 0 Å². The molecule has 4 nitrogen and oxygen atoms in total. The van der Waals surface area contributed by atoms with Crippen LogP contribution < -0.4 is 10.5 Å². The van der Waals surface area contributed by atoms with E-state index in [9.17, 15) is 8.42 Å². The van der Waals surface area contributed by atoms with Gasteiger partial charge in [-0.1, -0.05) is 19.3 Å². The zero-order chi connectivity index (χ0) is 12.5. The standard InChI is InChI=1S/C12H24N2O2S/c1-10(11-5-6-11)14-17(15,16)9-12(13)7-3-2-4-8-12/h10-11,14H,2-9,13H2,1H3/t10-/m0/s1. The molecule has 2 aliphatic rings. The minimum atomic E-state index is -3.22. The molecule has 0 radical (unpaired) electrons. The molecule has 3 N–H and O–H groups in total. The van der Waals surface area contributed by atoms with Crippen LogP contribution in [0.3, 0.4) is 0 Å². The number of hydrogen-bond acceptors (Lipinski definition) is 3. The summed E-state index contributed by atoms with van der Waals surface area (Å²) in [5, 5.41) is 0. The van der Waals surface area contributed by atoms with Crippen LogP contribution in [-0.4, -0.2) is 25.8 Å². The molecule has 0 aromatic rings. The van der Waals surface area contributed by atoms with Gasteiger partial charge in [0.1, 0.15) is 0 Å². The van der Waals surface area contributed by atoms with Gasteiger partial charge in [-0.3, -0.25) is 0 Å². The minimum Gasteiger partial charge on any atom is -0.324 e. The lowest BCUT2D eigenvalue weighted by Crippen LogP contribution is -2.51. The maximum Gasteiger partial charge on any atom is 0.213 e. The first-order chi connectivity index (χ1) is 7.90. The first kappa shape index (κ1) is 13.3. The van der Waals surface area contributed by atoms with Crippen molar-refractivity contribution >= 4 is 10.0 Å². The second kappa shape index (κ2) is 4.86. The molecule has 0 unspecified atom stereocenters. The van der Waals surface area contributed by atoms with Crippen LogP contribution in [0.5, 0.6) is 0 Å². The summed E-state index contributed by atoms with van der Waals surface area (Å²) in [7, 11) is -3.22. The van der Waals surface area contributed by atoms with Crippen molar-refractivity contribution in [2.45, 2.75) is 63.5 Å². The van der Waals surface area contributed by atoms with Crippen LogP contribution in [0.1, 0.15) is 51.9 Å². The summed E-state index contributed by atoms with van der Waals surface area (Å²) >= 11 is 0. The predicted octanol–water partition coefficient (Wildman–Crippen LogP) is 1.37. The highest BCUT2D eigenvalue weighted by atomic mass is 32.2. The fourth-order valence-electron chi connectivity index (χ4n) is 2.80. The van der Waals surface area contributed by atoms with Crippen molar-refractivity contribution in [2.24, 2.45) is 11.7 Å². The third-order valence-corrected chi connectivity index (χ3v) is 5.71. The molecule has 17 heavy (non-hydrogen) atoms. The smallest absolute Gasteiger partial charge is 0.213 e. The van der Waals surface area contributed by atoms with Gasteiger partial charge in [0.05, 0.1) is 5.75 Å². The lowest BCUT2D eigenvalue weighted by atomic mass is 9.84. The van der Waals surface area contributed by atoms with Crippen molar-refractivity contribution in [3.8, 4) is 0 Å². The van der Waals surface area contributed by atoms with Gasteiger partial charge in [-0.05, 0) is 38.5 Å². The molecule has 0 aromatic heterocycles. The Labute approximate surface area is 104 Å². The van der Waals surface area contributed by atoms with Crippen molar-refractivity contribution in [3.63, 3.8) is 0 Å². The molecule has 0 aromatic carbocycles. The van der Waals surface area contributed by atoms with Crippen LogP contribution in [0.15, 0.2) is 0 Å². The maximum absolute atomic E-state index is 12.1. The summed E-state index contributed by atoms with van der Waals surface area (Å²) in [6, 6.07) is 0.0761. The van der Waals surface area contributed by atoms with E-state index in [1.165, 1.54) is 6.42 Å². The lowest BCUT2D eigenvalue weighted by molar-refractivity contribution is 0.322. The van der Waals surface area contributed by atoms with Crippen LogP contribution >= 0.6 is 0 Å². The van der Waals surface area contributed by atoms with Crippen molar-refractivity contribution in [1.82, 2.24) is 4.72 Å². The Morgan fingerprint density at radius 2 is 1.88 bits per heavy atom. The van der Waals surface area contributed by atoms with E-state index in [2.05, 4.69) is 4.72 Å². The lowest BCUT2D eigenvalue weighted by Gasteiger charge is -2.33. The summed E-state index contributed by atoms with van der Waals surface area (Å²) in [6.07, 6.45) is 7.28. The molecule has 1 atom stereocenters. The number of nitrogens with one attached hydrogen (secondary N) is 1. The second-order valence-electron chi connectivity index (χ2n) is 5.93. The van der Waals surface area contributed by atoms with Gasteiger partial charge in [0.15, 0.2) is 0 Å². The Morgan fingerprint density at radius 3 is 2.41 bits per heavy atom. The van der Waals surface area contributed by atoms with Gasteiger partial charge in [0.25, 0.3) is 0 Å². The quantitative estimate of drug-likeness (QED) is 0.784. The topological polar surface area (TPSA) is 72.2 Å². The van der Waals surface area contributed by atoms with E-state index in [0.29, 0.717) is 5.92 Å². The summed E-state index contributed by atoms with van der Waals surface area (Å²) in [5.41, 5.74) is 5.70. The first-order valence-electron chi connectivity index (χ1n) is 6.69. The molecule has 2 saturated carbocycles. The highest BCUT2D eigenvalue weighted by Gasteiger charge is 2.36. The van der Waals surface area contributed by atoms with Gasteiger partial charge < -0.3 is 5.73 Å². The zero-order valence-corrected chi connectivity index (χ0v) is 11.4.